The summed E-state index contributed by atoms with van der Waals surface area (Å²) in [5.41, 5.74) is 4.94. The molecule has 0 saturated heterocycles. The second kappa shape index (κ2) is 4.34. The summed E-state index contributed by atoms with van der Waals surface area (Å²) in [7, 11) is 0. The van der Waals surface area contributed by atoms with E-state index in [1.54, 1.807) is 0 Å². The standard InChI is InChI=1S/C4H5N3O4/c5-2(4(9)7-11)1-3(8)6-10/h2H,1,5H2. The molecule has 0 aliphatic rings. The zero-order valence-electron chi connectivity index (χ0n) is 5.39. The molecule has 0 aliphatic carbocycles. The fourth-order valence-electron chi connectivity index (χ4n) is 0.380. The van der Waals surface area contributed by atoms with Crippen molar-refractivity contribution in [2.24, 2.45) is 16.1 Å². The topological polar surface area (TPSA) is 119 Å². The van der Waals surface area contributed by atoms with Crippen molar-refractivity contribution < 1.29 is 9.59 Å². The van der Waals surface area contributed by atoms with Gasteiger partial charge in [-0.05, 0) is 0 Å². The van der Waals surface area contributed by atoms with Gasteiger partial charge in [-0.25, -0.2) is 0 Å². The highest BCUT2D eigenvalue weighted by Gasteiger charge is 2.17. The molecule has 0 fully saturated rings. The Morgan fingerprint density at radius 3 is 2.18 bits per heavy atom. The summed E-state index contributed by atoms with van der Waals surface area (Å²) in [6.45, 7) is 0. The fourth-order valence-corrected chi connectivity index (χ4v) is 0.380. The minimum Gasteiger partial charge on any atom is -0.319 e. The molecule has 0 radical (unpaired) electrons. The number of carbonyl (C=O) groups is 2. The van der Waals surface area contributed by atoms with Crippen LogP contribution in [0.15, 0.2) is 10.4 Å². The summed E-state index contributed by atoms with van der Waals surface area (Å²) in [5, 5.41) is 3.95. The molecule has 0 aromatic rings. The molecule has 2 amide bonds. The van der Waals surface area contributed by atoms with Gasteiger partial charge in [0.1, 0.15) is 0 Å². The minimum atomic E-state index is -1.35. The Kier molecular flexibility index (Phi) is 3.75. The molecular formula is C4H5N3O4. The second-order valence-corrected chi connectivity index (χ2v) is 1.73. The van der Waals surface area contributed by atoms with Gasteiger partial charge >= 0.3 is 5.91 Å². The van der Waals surface area contributed by atoms with Gasteiger partial charge in [0.25, 0.3) is 5.91 Å². The summed E-state index contributed by atoms with van der Waals surface area (Å²) < 4.78 is 0. The zero-order chi connectivity index (χ0) is 8.85. The first-order valence-corrected chi connectivity index (χ1v) is 2.60. The lowest BCUT2D eigenvalue weighted by Gasteiger charge is -1.98. The van der Waals surface area contributed by atoms with E-state index < -0.39 is 24.3 Å². The molecular weight excluding hydrogens is 154 g/mol. The maximum absolute atomic E-state index is 10.3. The molecule has 0 rings (SSSR count). The van der Waals surface area contributed by atoms with Crippen LogP contribution in [-0.4, -0.2) is 17.9 Å². The number of nitrogens with zero attached hydrogens (tertiary/aromatic N) is 2. The average Bonchev–Trinajstić information content (AvgIpc) is 2.02. The highest BCUT2D eigenvalue weighted by Crippen LogP contribution is 1.93. The normalized spacial score (nSPS) is 11.7. The van der Waals surface area contributed by atoms with Gasteiger partial charge < -0.3 is 5.73 Å². The number of carbonyl (C=O) groups excluding carboxylic acids is 2. The van der Waals surface area contributed by atoms with E-state index in [-0.39, 0.29) is 0 Å². The Labute approximate surface area is 60.9 Å². The molecule has 0 bridgehead atoms. The molecule has 0 aromatic carbocycles. The predicted octanol–water partition coefficient (Wildman–Crippen LogP) is -0.710. The third-order valence-electron chi connectivity index (χ3n) is 0.904. The van der Waals surface area contributed by atoms with Crippen molar-refractivity contribution in [1.82, 2.24) is 0 Å². The highest BCUT2D eigenvalue weighted by atomic mass is 16.3. The molecule has 0 aromatic heterocycles. The van der Waals surface area contributed by atoms with E-state index in [1.165, 1.54) is 0 Å². The Morgan fingerprint density at radius 1 is 1.27 bits per heavy atom. The zero-order valence-corrected chi connectivity index (χ0v) is 5.39. The number of hydrogen-bond acceptors (Lipinski definition) is 5. The first-order chi connectivity index (χ1) is 5.11. The van der Waals surface area contributed by atoms with E-state index in [1.807, 2.05) is 10.4 Å². The van der Waals surface area contributed by atoms with Crippen LogP contribution in [0.25, 0.3) is 0 Å². The minimum absolute atomic E-state index is 0.575. The first kappa shape index (κ1) is 9.50. The van der Waals surface area contributed by atoms with E-state index in [0.717, 1.165) is 0 Å². The van der Waals surface area contributed by atoms with E-state index in [2.05, 4.69) is 0 Å². The van der Waals surface area contributed by atoms with Gasteiger partial charge in [-0.15, -0.1) is 9.81 Å². The van der Waals surface area contributed by atoms with Crippen LogP contribution in [0.3, 0.4) is 0 Å². The van der Waals surface area contributed by atoms with Gasteiger partial charge in [0.05, 0.1) is 12.5 Å². The molecule has 1 unspecified atom stereocenters. The maximum atomic E-state index is 10.3. The van der Waals surface area contributed by atoms with E-state index in [9.17, 15) is 19.4 Å². The van der Waals surface area contributed by atoms with Crippen molar-refractivity contribution in [3.05, 3.63) is 9.81 Å². The molecule has 7 nitrogen and oxygen atoms in total. The number of nitroso groups, excluding NO2 is 2. The molecule has 11 heavy (non-hydrogen) atoms. The number of rotatable bonds is 3. The fraction of sp³-hybridized carbons (Fsp3) is 0.500. The lowest BCUT2D eigenvalue weighted by Crippen LogP contribution is -2.30. The molecule has 2 N–H and O–H groups in total. The van der Waals surface area contributed by atoms with Crippen LogP contribution in [0.2, 0.25) is 0 Å². The average molecular weight is 159 g/mol. The van der Waals surface area contributed by atoms with Crippen molar-refractivity contribution in [3.63, 3.8) is 0 Å². The van der Waals surface area contributed by atoms with Crippen molar-refractivity contribution in [2.45, 2.75) is 12.5 Å². The lowest BCUT2D eigenvalue weighted by atomic mass is 10.2. The summed E-state index contributed by atoms with van der Waals surface area (Å²) in [5.74, 6) is -2.24. The molecule has 60 valence electrons. The van der Waals surface area contributed by atoms with Crippen LogP contribution in [0.4, 0.5) is 0 Å². The molecule has 7 heteroatoms. The van der Waals surface area contributed by atoms with Crippen molar-refractivity contribution in [2.75, 3.05) is 0 Å². The Balaban J connectivity index is 3.95. The summed E-state index contributed by atoms with van der Waals surface area (Å²) in [6.07, 6.45) is -0.575. The third kappa shape index (κ3) is 3.26. The summed E-state index contributed by atoms with van der Waals surface area (Å²) >= 11 is 0. The molecule has 1 atom stereocenters. The van der Waals surface area contributed by atoms with E-state index >= 15 is 0 Å². The van der Waals surface area contributed by atoms with Crippen LogP contribution >= 0.6 is 0 Å². The SMILES string of the molecule is NC(CC(=O)N=O)C(=O)N=O. The van der Waals surface area contributed by atoms with Gasteiger partial charge in [0.2, 0.25) is 0 Å². The largest absolute Gasteiger partial charge is 0.319 e. The Bertz CT molecular complexity index is 202. The number of amides is 2. The van der Waals surface area contributed by atoms with E-state index in [0.29, 0.717) is 0 Å². The van der Waals surface area contributed by atoms with Gasteiger partial charge in [0.15, 0.2) is 0 Å². The van der Waals surface area contributed by atoms with Crippen LogP contribution in [0.5, 0.6) is 0 Å². The monoisotopic (exact) mass is 159 g/mol. The molecule has 0 heterocycles. The van der Waals surface area contributed by atoms with Gasteiger partial charge in [0, 0.05) is 10.4 Å². The molecule has 0 saturated carbocycles. The number of hydrogen-bond donors (Lipinski definition) is 1. The van der Waals surface area contributed by atoms with Crippen molar-refractivity contribution in [1.29, 1.82) is 0 Å². The predicted molar refractivity (Wildman–Crippen MR) is 34.2 cm³/mol. The lowest BCUT2D eigenvalue weighted by molar-refractivity contribution is -0.124. The van der Waals surface area contributed by atoms with Crippen LogP contribution < -0.4 is 5.73 Å². The van der Waals surface area contributed by atoms with Crippen LogP contribution in [-0.2, 0) is 9.59 Å². The Morgan fingerprint density at radius 2 is 1.82 bits per heavy atom. The maximum Gasteiger partial charge on any atom is 0.303 e. The van der Waals surface area contributed by atoms with Crippen LogP contribution in [0, 0.1) is 9.81 Å². The van der Waals surface area contributed by atoms with E-state index in [4.69, 9.17) is 5.73 Å². The summed E-state index contributed by atoms with van der Waals surface area (Å²) in [4.78, 5) is 39.4. The molecule has 0 aliphatic heterocycles. The Hall–Kier alpha value is -1.50. The first-order valence-electron chi connectivity index (χ1n) is 2.60. The van der Waals surface area contributed by atoms with Crippen molar-refractivity contribution in [3.8, 4) is 0 Å². The van der Waals surface area contributed by atoms with Crippen molar-refractivity contribution >= 4 is 11.8 Å². The quantitative estimate of drug-likeness (QED) is 0.545. The molecule has 0 spiro atoms. The second-order valence-electron chi connectivity index (χ2n) is 1.73. The summed E-state index contributed by atoms with van der Waals surface area (Å²) in [6, 6.07) is -1.35. The van der Waals surface area contributed by atoms with Gasteiger partial charge in [-0.3, -0.25) is 9.59 Å². The smallest absolute Gasteiger partial charge is 0.303 e. The van der Waals surface area contributed by atoms with Gasteiger partial charge in [-0.2, -0.15) is 0 Å². The van der Waals surface area contributed by atoms with Crippen LogP contribution in [0.1, 0.15) is 6.42 Å². The number of nitrogens with two attached hydrogens (primary N) is 1. The van der Waals surface area contributed by atoms with Gasteiger partial charge in [-0.1, -0.05) is 0 Å². The highest BCUT2D eigenvalue weighted by molar-refractivity contribution is 5.88. The third-order valence-corrected chi connectivity index (χ3v) is 0.904.